The standard InChI is InChI=1S/C17H26ClN3O3S/c1-20(2)12-10-19-17(22)21-11-4-3-5-15(21)13-25(23,24)16-8-6-14(18)7-9-16/h6-9,15H,3-5,10-13H2,1-2H3,(H,19,22). The Morgan fingerprint density at radius 3 is 2.60 bits per heavy atom. The first kappa shape index (κ1) is 20.0. The van der Waals surface area contributed by atoms with Crippen molar-refractivity contribution < 1.29 is 13.2 Å². The lowest BCUT2D eigenvalue weighted by molar-refractivity contribution is 0.158. The zero-order valence-corrected chi connectivity index (χ0v) is 16.3. The molecule has 1 atom stereocenters. The SMILES string of the molecule is CN(C)CCNC(=O)N1CCCCC1CS(=O)(=O)c1ccc(Cl)cc1. The Balaban J connectivity index is 2.04. The van der Waals surface area contributed by atoms with E-state index in [1.54, 1.807) is 17.0 Å². The highest BCUT2D eigenvalue weighted by Gasteiger charge is 2.31. The highest BCUT2D eigenvalue weighted by Crippen LogP contribution is 2.22. The number of hydrogen-bond acceptors (Lipinski definition) is 4. The van der Waals surface area contributed by atoms with Gasteiger partial charge in [-0.1, -0.05) is 11.6 Å². The Morgan fingerprint density at radius 1 is 1.28 bits per heavy atom. The second-order valence-electron chi connectivity index (χ2n) is 6.61. The van der Waals surface area contributed by atoms with Gasteiger partial charge in [0.05, 0.1) is 10.6 Å². The highest BCUT2D eigenvalue weighted by molar-refractivity contribution is 7.91. The second kappa shape index (κ2) is 8.87. The maximum absolute atomic E-state index is 12.7. The number of nitrogens with zero attached hydrogens (tertiary/aromatic N) is 2. The largest absolute Gasteiger partial charge is 0.337 e. The van der Waals surface area contributed by atoms with Crippen LogP contribution in [0.5, 0.6) is 0 Å². The first-order chi connectivity index (χ1) is 11.8. The van der Waals surface area contributed by atoms with Crippen LogP contribution in [0.25, 0.3) is 0 Å². The van der Waals surface area contributed by atoms with E-state index < -0.39 is 9.84 Å². The summed E-state index contributed by atoms with van der Waals surface area (Å²) in [6, 6.07) is 5.69. The monoisotopic (exact) mass is 387 g/mol. The Morgan fingerprint density at radius 2 is 1.96 bits per heavy atom. The normalized spacial score (nSPS) is 18.4. The molecule has 1 aliphatic heterocycles. The molecule has 6 nitrogen and oxygen atoms in total. The van der Waals surface area contributed by atoms with Crippen molar-refractivity contribution in [3.8, 4) is 0 Å². The number of benzene rings is 1. The van der Waals surface area contributed by atoms with Crippen LogP contribution >= 0.6 is 11.6 Å². The lowest BCUT2D eigenvalue weighted by atomic mass is 10.0. The van der Waals surface area contributed by atoms with E-state index in [0.717, 1.165) is 19.4 Å². The zero-order chi connectivity index (χ0) is 18.4. The molecule has 25 heavy (non-hydrogen) atoms. The van der Waals surface area contributed by atoms with E-state index in [-0.39, 0.29) is 22.7 Å². The average Bonchev–Trinajstić information content (AvgIpc) is 2.55. The summed E-state index contributed by atoms with van der Waals surface area (Å²) in [5.41, 5.74) is 0. The maximum Gasteiger partial charge on any atom is 0.317 e. The van der Waals surface area contributed by atoms with E-state index in [1.807, 2.05) is 19.0 Å². The molecule has 1 aromatic carbocycles. The second-order valence-corrected chi connectivity index (χ2v) is 9.08. The molecule has 0 spiro atoms. The summed E-state index contributed by atoms with van der Waals surface area (Å²) in [5, 5.41) is 3.38. The minimum absolute atomic E-state index is 0.0598. The van der Waals surface area contributed by atoms with E-state index in [9.17, 15) is 13.2 Å². The van der Waals surface area contributed by atoms with E-state index in [2.05, 4.69) is 5.32 Å². The van der Waals surface area contributed by atoms with Gasteiger partial charge in [-0.15, -0.1) is 0 Å². The fourth-order valence-corrected chi connectivity index (χ4v) is 4.64. The lowest BCUT2D eigenvalue weighted by Gasteiger charge is -2.35. The summed E-state index contributed by atoms with van der Waals surface area (Å²) >= 11 is 5.83. The summed E-state index contributed by atoms with van der Waals surface area (Å²) in [6.45, 7) is 1.88. The van der Waals surface area contributed by atoms with Crippen LogP contribution in [0.4, 0.5) is 4.79 Å². The summed E-state index contributed by atoms with van der Waals surface area (Å²) in [5.74, 6) is -0.0598. The Labute approximate surface area is 155 Å². The van der Waals surface area contributed by atoms with Gasteiger partial charge in [0.1, 0.15) is 0 Å². The van der Waals surface area contributed by atoms with Gasteiger partial charge in [0.2, 0.25) is 0 Å². The van der Waals surface area contributed by atoms with Gasteiger partial charge in [0.25, 0.3) is 0 Å². The highest BCUT2D eigenvalue weighted by atomic mass is 35.5. The maximum atomic E-state index is 12.7. The molecular weight excluding hydrogens is 362 g/mol. The van der Waals surface area contributed by atoms with E-state index in [0.29, 0.717) is 24.5 Å². The van der Waals surface area contributed by atoms with Gasteiger partial charge in [0.15, 0.2) is 9.84 Å². The number of piperidine rings is 1. The Bertz CT molecular complexity index is 677. The van der Waals surface area contributed by atoms with Crippen LogP contribution in [0.2, 0.25) is 5.02 Å². The number of urea groups is 1. The van der Waals surface area contributed by atoms with Gasteiger partial charge in [-0.3, -0.25) is 0 Å². The Kier molecular flexibility index (Phi) is 7.10. The molecule has 8 heteroatoms. The van der Waals surface area contributed by atoms with Crippen molar-refractivity contribution in [2.75, 3.05) is 39.5 Å². The van der Waals surface area contributed by atoms with Crippen LogP contribution in [0, 0.1) is 0 Å². The number of hydrogen-bond donors (Lipinski definition) is 1. The van der Waals surface area contributed by atoms with Gasteiger partial charge in [-0.2, -0.15) is 0 Å². The minimum Gasteiger partial charge on any atom is -0.337 e. The van der Waals surface area contributed by atoms with Crippen LogP contribution < -0.4 is 5.32 Å². The van der Waals surface area contributed by atoms with E-state index in [1.165, 1.54) is 12.1 Å². The molecule has 0 saturated carbocycles. The zero-order valence-electron chi connectivity index (χ0n) is 14.7. The van der Waals surface area contributed by atoms with Crippen molar-refractivity contribution in [1.82, 2.24) is 15.1 Å². The number of halogens is 1. The average molecular weight is 388 g/mol. The number of nitrogens with one attached hydrogen (secondary N) is 1. The molecule has 2 rings (SSSR count). The molecular formula is C17H26ClN3O3S. The Hall–Kier alpha value is -1.31. The smallest absolute Gasteiger partial charge is 0.317 e. The lowest BCUT2D eigenvalue weighted by Crippen LogP contribution is -2.51. The van der Waals surface area contributed by atoms with Crippen LogP contribution in [-0.4, -0.2) is 69.8 Å². The van der Waals surface area contributed by atoms with Gasteiger partial charge < -0.3 is 15.1 Å². The number of sulfone groups is 1. The molecule has 0 bridgehead atoms. The van der Waals surface area contributed by atoms with Crippen molar-refractivity contribution >= 4 is 27.5 Å². The van der Waals surface area contributed by atoms with E-state index >= 15 is 0 Å². The minimum atomic E-state index is -3.47. The number of rotatable bonds is 6. The van der Waals surface area contributed by atoms with Crippen LogP contribution in [-0.2, 0) is 9.84 Å². The number of amides is 2. The quantitative estimate of drug-likeness (QED) is 0.812. The van der Waals surface area contributed by atoms with Crippen LogP contribution in [0.15, 0.2) is 29.2 Å². The van der Waals surface area contributed by atoms with E-state index in [4.69, 9.17) is 11.6 Å². The molecule has 1 aromatic rings. The first-order valence-corrected chi connectivity index (χ1v) is 10.5. The number of likely N-dealkylation sites (tertiary alicyclic amines) is 1. The molecule has 1 saturated heterocycles. The van der Waals surface area contributed by atoms with Crippen molar-refractivity contribution in [1.29, 1.82) is 0 Å². The topological polar surface area (TPSA) is 69.7 Å². The molecule has 1 N–H and O–H groups in total. The fourth-order valence-electron chi connectivity index (χ4n) is 2.92. The first-order valence-electron chi connectivity index (χ1n) is 8.47. The molecule has 0 aliphatic carbocycles. The number of likely N-dealkylation sites (N-methyl/N-ethyl adjacent to an activating group) is 1. The molecule has 140 valence electrons. The number of carbonyl (C=O) groups is 1. The molecule has 1 fully saturated rings. The van der Waals surface area contributed by atoms with Crippen molar-refractivity contribution in [2.45, 2.75) is 30.2 Å². The van der Waals surface area contributed by atoms with Crippen LogP contribution in [0.3, 0.4) is 0 Å². The van der Waals surface area contributed by atoms with Gasteiger partial charge in [-0.05, 0) is 57.6 Å². The van der Waals surface area contributed by atoms with Crippen molar-refractivity contribution in [3.05, 3.63) is 29.3 Å². The van der Waals surface area contributed by atoms with Crippen LogP contribution in [0.1, 0.15) is 19.3 Å². The summed E-state index contributed by atoms with van der Waals surface area (Å²) in [6.07, 6.45) is 2.54. The van der Waals surface area contributed by atoms with Gasteiger partial charge in [0, 0.05) is 30.7 Å². The summed E-state index contributed by atoms with van der Waals surface area (Å²) in [4.78, 5) is 16.3. The molecule has 0 radical (unpaired) electrons. The molecule has 1 aliphatic rings. The fraction of sp³-hybridized carbons (Fsp3) is 0.588. The van der Waals surface area contributed by atoms with Crippen molar-refractivity contribution in [2.24, 2.45) is 0 Å². The third-order valence-electron chi connectivity index (χ3n) is 4.31. The molecule has 0 aromatic heterocycles. The predicted octanol–water partition coefficient (Wildman–Crippen LogP) is 2.24. The number of carbonyl (C=O) groups excluding carboxylic acids is 1. The molecule has 2 amide bonds. The third kappa shape index (κ3) is 5.87. The summed E-state index contributed by atoms with van der Waals surface area (Å²) in [7, 11) is 0.412. The molecule has 1 heterocycles. The summed E-state index contributed by atoms with van der Waals surface area (Å²) < 4.78 is 25.4. The van der Waals surface area contributed by atoms with Gasteiger partial charge >= 0.3 is 6.03 Å². The third-order valence-corrected chi connectivity index (χ3v) is 6.37. The van der Waals surface area contributed by atoms with Gasteiger partial charge in [-0.25, -0.2) is 13.2 Å². The van der Waals surface area contributed by atoms with Crippen molar-refractivity contribution in [3.63, 3.8) is 0 Å². The molecule has 1 unspecified atom stereocenters. The predicted molar refractivity (Wildman–Crippen MR) is 99.8 cm³/mol.